The number of nitrogens with zero attached hydrogens (tertiary/aromatic N) is 1. The van der Waals surface area contributed by atoms with Crippen molar-refractivity contribution in [2.45, 2.75) is 56.2 Å². The van der Waals surface area contributed by atoms with Crippen LogP contribution in [0.5, 0.6) is 0 Å². The predicted octanol–water partition coefficient (Wildman–Crippen LogP) is 1.67. The average Bonchev–Trinajstić information content (AvgIpc) is 3.05. The molecule has 1 aromatic rings. The molecule has 1 amide bonds. The number of sulfonamides is 1. The van der Waals surface area contributed by atoms with Gasteiger partial charge in [-0.3, -0.25) is 4.79 Å². The van der Waals surface area contributed by atoms with E-state index < -0.39 is 10.0 Å². The smallest absolute Gasteiger partial charge is 0.242 e. The normalized spacial score (nSPS) is 31.2. The van der Waals surface area contributed by atoms with E-state index in [0.29, 0.717) is 25.5 Å². The van der Waals surface area contributed by atoms with Gasteiger partial charge in [-0.15, -0.1) is 0 Å². The SMILES string of the molecule is CS(=O)(=O)N[C@H]1CCN2C(=O)CNc3ccccc3C3CCC(CC3)OCC12. The minimum absolute atomic E-state index is 0.0206. The van der Waals surface area contributed by atoms with Crippen molar-refractivity contribution in [2.75, 3.05) is 31.3 Å². The third-order valence-electron chi connectivity index (χ3n) is 6.24. The Hall–Kier alpha value is -1.64. The third kappa shape index (κ3) is 4.34. The molecule has 1 unspecified atom stereocenters. The monoisotopic (exact) mass is 407 g/mol. The van der Waals surface area contributed by atoms with E-state index in [1.54, 1.807) is 4.90 Å². The molecule has 1 saturated carbocycles. The van der Waals surface area contributed by atoms with Gasteiger partial charge >= 0.3 is 0 Å². The van der Waals surface area contributed by atoms with E-state index in [-0.39, 0.29) is 30.6 Å². The summed E-state index contributed by atoms with van der Waals surface area (Å²) in [6, 6.07) is 7.68. The van der Waals surface area contributed by atoms with Gasteiger partial charge in [0.1, 0.15) is 0 Å². The lowest BCUT2D eigenvalue weighted by molar-refractivity contribution is -0.132. The Morgan fingerprint density at radius 3 is 2.64 bits per heavy atom. The van der Waals surface area contributed by atoms with Crippen molar-refractivity contribution in [3.05, 3.63) is 29.8 Å². The van der Waals surface area contributed by atoms with Crippen LogP contribution in [0.25, 0.3) is 0 Å². The molecule has 2 fully saturated rings. The summed E-state index contributed by atoms with van der Waals surface area (Å²) in [5.74, 6) is 0.464. The van der Waals surface area contributed by atoms with Gasteiger partial charge in [0.05, 0.1) is 31.6 Å². The minimum atomic E-state index is -3.34. The first-order valence-corrected chi connectivity index (χ1v) is 12.0. The number of anilines is 1. The maximum atomic E-state index is 12.9. The van der Waals surface area contributed by atoms with Crippen LogP contribution >= 0.6 is 0 Å². The summed E-state index contributed by atoms with van der Waals surface area (Å²) < 4.78 is 32.4. The molecule has 3 aliphatic heterocycles. The Morgan fingerprint density at radius 1 is 1.14 bits per heavy atom. The lowest BCUT2D eigenvalue weighted by Gasteiger charge is -2.32. The van der Waals surface area contributed by atoms with Gasteiger partial charge in [0.2, 0.25) is 15.9 Å². The fourth-order valence-electron chi connectivity index (χ4n) is 4.84. The molecule has 154 valence electrons. The zero-order chi connectivity index (χ0) is 19.7. The third-order valence-corrected chi connectivity index (χ3v) is 6.97. The number of carbonyl (C=O) groups excluding carboxylic acids is 1. The molecule has 28 heavy (non-hydrogen) atoms. The van der Waals surface area contributed by atoms with E-state index in [9.17, 15) is 13.2 Å². The Balaban J connectivity index is 1.59. The number of ether oxygens (including phenoxy) is 1. The Kier molecular flexibility index (Phi) is 5.62. The highest BCUT2D eigenvalue weighted by Gasteiger charge is 2.39. The van der Waals surface area contributed by atoms with Gasteiger partial charge in [0.25, 0.3) is 0 Å². The van der Waals surface area contributed by atoms with E-state index in [2.05, 4.69) is 22.2 Å². The average molecular weight is 408 g/mol. The fraction of sp³-hybridized carbons (Fsp3) is 0.650. The van der Waals surface area contributed by atoms with Gasteiger partial charge in [0, 0.05) is 18.3 Å². The Bertz CT molecular complexity index is 820. The highest BCUT2D eigenvalue weighted by molar-refractivity contribution is 7.88. The zero-order valence-corrected chi connectivity index (χ0v) is 17.1. The second kappa shape index (κ2) is 8.00. The second-order valence-corrected chi connectivity index (χ2v) is 9.97. The van der Waals surface area contributed by atoms with E-state index in [0.717, 1.165) is 37.6 Å². The molecular weight excluding hydrogens is 378 g/mol. The maximum Gasteiger partial charge on any atom is 0.242 e. The molecule has 5 rings (SSSR count). The molecule has 8 heteroatoms. The molecule has 2 N–H and O–H groups in total. The lowest BCUT2D eigenvalue weighted by Crippen LogP contribution is -2.50. The zero-order valence-electron chi connectivity index (χ0n) is 16.3. The molecule has 1 saturated heterocycles. The molecule has 1 aliphatic carbocycles. The first-order valence-electron chi connectivity index (χ1n) is 10.1. The van der Waals surface area contributed by atoms with Crippen molar-refractivity contribution < 1.29 is 17.9 Å². The highest BCUT2D eigenvalue weighted by atomic mass is 32.2. The van der Waals surface area contributed by atoms with Crippen LogP contribution in [0.2, 0.25) is 0 Å². The molecule has 0 aromatic heterocycles. The van der Waals surface area contributed by atoms with Crippen LogP contribution in [0.3, 0.4) is 0 Å². The van der Waals surface area contributed by atoms with Gasteiger partial charge in [-0.2, -0.15) is 0 Å². The van der Waals surface area contributed by atoms with E-state index in [1.807, 2.05) is 12.1 Å². The quantitative estimate of drug-likeness (QED) is 0.779. The van der Waals surface area contributed by atoms with Crippen molar-refractivity contribution in [2.24, 2.45) is 0 Å². The largest absolute Gasteiger partial charge is 0.376 e. The summed E-state index contributed by atoms with van der Waals surface area (Å²) in [6.45, 7) is 1.12. The van der Waals surface area contributed by atoms with Crippen molar-refractivity contribution in [1.82, 2.24) is 9.62 Å². The van der Waals surface area contributed by atoms with Gasteiger partial charge in [0.15, 0.2) is 0 Å². The number of para-hydroxylation sites is 1. The summed E-state index contributed by atoms with van der Waals surface area (Å²) >= 11 is 0. The van der Waals surface area contributed by atoms with Crippen LogP contribution in [-0.2, 0) is 19.6 Å². The van der Waals surface area contributed by atoms with E-state index >= 15 is 0 Å². The number of hydrogen-bond donors (Lipinski definition) is 2. The predicted molar refractivity (Wildman–Crippen MR) is 108 cm³/mol. The summed E-state index contributed by atoms with van der Waals surface area (Å²) in [4.78, 5) is 14.7. The molecule has 0 radical (unpaired) electrons. The second-order valence-electron chi connectivity index (χ2n) is 8.19. The number of fused-ring (bicyclic) bond motifs is 5. The molecule has 2 atom stereocenters. The van der Waals surface area contributed by atoms with Crippen molar-refractivity contribution in [3.63, 3.8) is 0 Å². The summed E-state index contributed by atoms with van der Waals surface area (Å²) in [6.07, 6.45) is 6.06. The Morgan fingerprint density at radius 2 is 1.89 bits per heavy atom. The molecule has 4 aliphatic rings. The summed E-state index contributed by atoms with van der Waals surface area (Å²) in [7, 11) is -3.34. The standard InChI is InChI=1S/C20H29N3O4S/c1-28(25,26)22-18-10-11-23-19(18)13-27-15-8-6-14(7-9-15)16-4-2-3-5-17(16)21-12-20(23)24/h2-5,14-15,18-19,21-22H,6-13H2,1H3/t14?,15?,18-,19?/m0/s1. The minimum Gasteiger partial charge on any atom is -0.376 e. The number of hydrogen-bond acceptors (Lipinski definition) is 5. The van der Waals surface area contributed by atoms with Gasteiger partial charge < -0.3 is 15.0 Å². The van der Waals surface area contributed by atoms with Gasteiger partial charge in [-0.25, -0.2) is 13.1 Å². The van der Waals surface area contributed by atoms with Gasteiger partial charge in [-0.1, -0.05) is 18.2 Å². The number of rotatable bonds is 2. The van der Waals surface area contributed by atoms with Crippen LogP contribution < -0.4 is 10.0 Å². The molecule has 0 spiro atoms. The first kappa shape index (κ1) is 19.7. The van der Waals surface area contributed by atoms with Crippen LogP contribution in [0, 0.1) is 0 Å². The molecular formula is C20H29N3O4S. The lowest BCUT2D eigenvalue weighted by atomic mass is 9.82. The van der Waals surface area contributed by atoms with Crippen molar-refractivity contribution in [3.8, 4) is 0 Å². The molecule has 1 aromatic carbocycles. The molecule has 3 heterocycles. The number of benzene rings is 1. The van der Waals surface area contributed by atoms with Crippen molar-refractivity contribution in [1.29, 1.82) is 0 Å². The number of nitrogens with one attached hydrogen (secondary N) is 2. The van der Waals surface area contributed by atoms with E-state index in [1.165, 1.54) is 5.56 Å². The van der Waals surface area contributed by atoms with Crippen LogP contribution in [0.15, 0.2) is 24.3 Å². The number of amides is 1. The topological polar surface area (TPSA) is 87.7 Å². The van der Waals surface area contributed by atoms with Crippen molar-refractivity contribution >= 4 is 21.6 Å². The maximum absolute atomic E-state index is 12.9. The molecule has 7 nitrogen and oxygen atoms in total. The Labute approximate surface area is 166 Å². The van der Waals surface area contributed by atoms with E-state index in [4.69, 9.17) is 4.74 Å². The summed E-state index contributed by atoms with van der Waals surface area (Å²) in [5, 5.41) is 3.34. The van der Waals surface area contributed by atoms with Crippen LogP contribution in [-0.4, -0.2) is 63.4 Å². The fourth-order valence-corrected chi connectivity index (χ4v) is 5.67. The molecule has 2 bridgehead atoms. The van der Waals surface area contributed by atoms with Crippen LogP contribution in [0.4, 0.5) is 5.69 Å². The highest BCUT2D eigenvalue weighted by Crippen LogP contribution is 2.38. The van der Waals surface area contributed by atoms with Crippen LogP contribution in [0.1, 0.15) is 43.6 Å². The number of carbonyl (C=O) groups is 1. The summed E-state index contributed by atoms with van der Waals surface area (Å²) in [5.41, 5.74) is 2.31. The first-order chi connectivity index (χ1) is 13.4. The van der Waals surface area contributed by atoms with Gasteiger partial charge in [-0.05, 0) is 49.7 Å².